The quantitative estimate of drug-likeness (QED) is 0.866. The van der Waals surface area contributed by atoms with Crippen molar-refractivity contribution in [1.29, 1.82) is 0 Å². The van der Waals surface area contributed by atoms with Crippen molar-refractivity contribution in [3.63, 3.8) is 0 Å². The third-order valence-corrected chi connectivity index (χ3v) is 7.05. The van der Waals surface area contributed by atoms with Crippen LogP contribution < -0.4 is 5.32 Å². The van der Waals surface area contributed by atoms with Crippen LogP contribution in [0, 0.1) is 12.8 Å². The van der Waals surface area contributed by atoms with Crippen molar-refractivity contribution >= 4 is 23.2 Å². The van der Waals surface area contributed by atoms with Crippen LogP contribution in [0.15, 0.2) is 0 Å². The highest BCUT2D eigenvalue weighted by Crippen LogP contribution is 2.27. The molecule has 0 radical (unpaired) electrons. The van der Waals surface area contributed by atoms with E-state index >= 15 is 0 Å². The highest BCUT2D eigenvalue weighted by molar-refractivity contribution is 7.13. The first kappa shape index (κ1) is 19.3. The van der Waals surface area contributed by atoms with Crippen molar-refractivity contribution < 1.29 is 9.59 Å². The molecule has 0 unspecified atom stereocenters. The molecule has 1 aliphatic carbocycles. The molecular weight excluding hydrogens is 346 g/mol. The zero-order chi connectivity index (χ0) is 18.7. The second kappa shape index (κ2) is 8.51. The van der Waals surface area contributed by atoms with Gasteiger partial charge in [-0.25, -0.2) is 4.98 Å². The summed E-state index contributed by atoms with van der Waals surface area (Å²) in [5.74, 6) is 0.886. The van der Waals surface area contributed by atoms with Gasteiger partial charge in [-0.2, -0.15) is 0 Å². The number of hydrogen-bond acceptors (Lipinski definition) is 4. The Labute approximate surface area is 160 Å². The molecule has 2 fully saturated rings. The minimum atomic E-state index is 0.101. The number of likely N-dealkylation sites (tertiary alicyclic amines) is 1. The van der Waals surface area contributed by atoms with Gasteiger partial charge in [-0.15, -0.1) is 11.3 Å². The fraction of sp³-hybridized carbons (Fsp3) is 0.750. The Bertz CT molecular complexity index is 641. The zero-order valence-corrected chi connectivity index (χ0v) is 17.0. The van der Waals surface area contributed by atoms with Gasteiger partial charge in [0.2, 0.25) is 5.91 Å². The van der Waals surface area contributed by atoms with E-state index in [0.717, 1.165) is 41.3 Å². The molecule has 26 heavy (non-hydrogen) atoms. The fourth-order valence-electron chi connectivity index (χ4n) is 3.92. The van der Waals surface area contributed by atoms with E-state index in [1.165, 1.54) is 30.6 Å². The van der Waals surface area contributed by atoms with E-state index in [4.69, 9.17) is 0 Å². The second-order valence-electron chi connectivity index (χ2n) is 8.03. The third kappa shape index (κ3) is 4.45. The molecule has 3 rings (SSSR count). The molecule has 2 aliphatic rings. The molecule has 2 heterocycles. The molecule has 1 aromatic rings. The Morgan fingerprint density at radius 2 is 1.77 bits per heavy atom. The van der Waals surface area contributed by atoms with Crippen molar-refractivity contribution in [3.05, 3.63) is 15.6 Å². The average molecular weight is 378 g/mol. The second-order valence-corrected chi connectivity index (χ2v) is 9.06. The van der Waals surface area contributed by atoms with E-state index in [9.17, 15) is 9.59 Å². The summed E-state index contributed by atoms with van der Waals surface area (Å²) in [7, 11) is 0. The van der Waals surface area contributed by atoms with Gasteiger partial charge in [0.15, 0.2) is 0 Å². The van der Waals surface area contributed by atoms with Gasteiger partial charge < -0.3 is 10.2 Å². The highest BCUT2D eigenvalue weighted by atomic mass is 32.1. The van der Waals surface area contributed by atoms with Crippen LogP contribution in [0.3, 0.4) is 0 Å². The fourth-order valence-corrected chi connectivity index (χ4v) is 4.95. The summed E-state index contributed by atoms with van der Waals surface area (Å²) >= 11 is 1.53. The number of hydrogen-bond donors (Lipinski definition) is 1. The van der Waals surface area contributed by atoms with Gasteiger partial charge in [-0.05, 0) is 32.6 Å². The lowest BCUT2D eigenvalue weighted by Gasteiger charge is -2.33. The predicted octanol–water partition coefficient (Wildman–Crippen LogP) is 3.88. The van der Waals surface area contributed by atoms with Crippen molar-refractivity contribution in [1.82, 2.24) is 15.2 Å². The molecule has 0 atom stereocenters. The Balaban J connectivity index is 1.51. The zero-order valence-electron chi connectivity index (χ0n) is 16.2. The van der Waals surface area contributed by atoms with Gasteiger partial charge in [0.25, 0.3) is 5.91 Å². The summed E-state index contributed by atoms with van der Waals surface area (Å²) in [6.07, 6.45) is 7.38. The first-order valence-corrected chi connectivity index (χ1v) is 10.8. The number of nitrogens with zero attached hydrogens (tertiary/aromatic N) is 2. The van der Waals surface area contributed by atoms with E-state index < -0.39 is 0 Å². The summed E-state index contributed by atoms with van der Waals surface area (Å²) in [5, 5.41) is 4.26. The number of piperidine rings is 1. The number of aryl methyl sites for hydroxylation is 1. The van der Waals surface area contributed by atoms with E-state index in [2.05, 4.69) is 24.1 Å². The van der Waals surface area contributed by atoms with Crippen LogP contribution >= 0.6 is 11.3 Å². The molecule has 0 bridgehead atoms. The van der Waals surface area contributed by atoms with Gasteiger partial charge in [-0.3, -0.25) is 9.59 Å². The Morgan fingerprint density at radius 3 is 2.35 bits per heavy atom. The summed E-state index contributed by atoms with van der Waals surface area (Å²) in [4.78, 5) is 32.5. The standard InChI is InChI=1S/C20H31N3O2S/c1-13(2)19-21-14(3)17(26-19)20(25)23-11-9-16(10-12-23)22-18(24)15-7-5-4-6-8-15/h13,15-16H,4-12H2,1-3H3,(H,22,24). The number of nitrogens with one attached hydrogen (secondary N) is 1. The van der Waals surface area contributed by atoms with Crippen LogP contribution in [0.25, 0.3) is 0 Å². The van der Waals surface area contributed by atoms with Gasteiger partial charge in [0, 0.05) is 31.0 Å². The van der Waals surface area contributed by atoms with Crippen LogP contribution in [0.2, 0.25) is 0 Å². The summed E-state index contributed by atoms with van der Waals surface area (Å²) in [5.41, 5.74) is 0.844. The third-order valence-electron chi connectivity index (χ3n) is 5.61. The molecule has 5 nitrogen and oxygen atoms in total. The number of rotatable bonds is 4. The molecule has 1 saturated heterocycles. The molecule has 1 aromatic heterocycles. The maximum Gasteiger partial charge on any atom is 0.265 e. The van der Waals surface area contributed by atoms with Crippen LogP contribution in [0.4, 0.5) is 0 Å². The van der Waals surface area contributed by atoms with Gasteiger partial charge in [-0.1, -0.05) is 33.1 Å². The van der Waals surface area contributed by atoms with E-state index in [1.54, 1.807) is 0 Å². The van der Waals surface area contributed by atoms with E-state index in [-0.39, 0.29) is 23.8 Å². The van der Waals surface area contributed by atoms with Gasteiger partial charge in [0.1, 0.15) is 4.88 Å². The first-order valence-electron chi connectivity index (χ1n) is 10.0. The lowest BCUT2D eigenvalue weighted by molar-refractivity contribution is -0.126. The molecule has 0 spiro atoms. The van der Waals surface area contributed by atoms with Crippen LogP contribution in [-0.4, -0.2) is 40.8 Å². The topological polar surface area (TPSA) is 62.3 Å². The Hall–Kier alpha value is -1.43. The first-order chi connectivity index (χ1) is 12.5. The molecule has 2 amide bonds. The Kier molecular flexibility index (Phi) is 6.33. The lowest BCUT2D eigenvalue weighted by atomic mass is 9.88. The molecule has 144 valence electrons. The smallest absolute Gasteiger partial charge is 0.265 e. The minimum absolute atomic E-state index is 0.101. The van der Waals surface area contributed by atoms with Crippen LogP contribution in [-0.2, 0) is 4.79 Å². The van der Waals surface area contributed by atoms with Crippen LogP contribution in [0.1, 0.15) is 85.1 Å². The van der Waals surface area contributed by atoms with Crippen molar-refractivity contribution in [2.75, 3.05) is 13.1 Å². The summed E-state index contributed by atoms with van der Waals surface area (Å²) in [6.45, 7) is 7.55. The number of carbonyl (C=O) groups excluding carboxylic acids is 2. The van der Waals surface area contributed by atoms with E-state index in [1.807, 2.05) is 11.8 Å². The number of aromatic nitrogens is 1. The summed E-state index contributed by atoms with van der Waals surface area (Å²) in [6, 6.07) is 0.210. The van der Waals surface area contributed by atoms with Gasteiger partial charge in [0.05, 0.1) is 10.7 Å². The SMILES string of the molecule is Cc1nc(C(C)C)sc1C(=O)N1CCC(NC(=O)C2CCCCC2)CC1. The maximum absolute atomic E-state index is 12.8. The van der Waals surface area contributed by atoms with E-state index in [0.29, 0.717) is 19.0 Å². The molecule has 1 N–H and O–H groups in total. The number of thiazole rings is 1. The highest BCUT2D eigenvalue weighted by Gasteiger charge is 2.29. The monoisotopic (exact) mass is 377 g/mol. The van der Waals surface area contributed by atoms with Crippen molar-refractivity contribution in [3.8, 4) is 0 Å². The van der Waals surface area contributed by atoms with Crippen molar-refractivity contribution in [2.24, 2.45) is 5.92 Å². The molecule has 0 aromatic carbocycles. The maximum atomic E-state index is 12.8. The van der Waals surface area contributed by atoms with Gasteiger partial charge >= 0.3 is 0 Å². The van der Waals surface area contributed by atoms with Crippen molar-refractivity contribution in [2.45, 2.75) is 77.7 Å². The molecule has 1 saturated carbocycles. The Morgan fingerprint density at radius 1 is 1.12 bits per heavy atom. The molecular formula is C20H31N3O2S. The minimum Gasteiger partial charge on any atom is -0.353 e. The lowest BCUT2D eigenvalue weighted by Crippen LogP contribution is -2.48. The molecule has 1 aliphatic heterocycles. The average Bonchev–Trinajstić information content (AvgIpc) is 3.04. The molecule has 6 heteroatoms. The number of carbonyl (C=O) groups is 2. The number of amides is 2. The normalized spacial score (nSPS) is 19.8. The van der Waals surface area contributed by atoms with Crippen LogP contribution in [0.5, 0.6) is 0 Å². The largest absolute Gasteiger partial charge is 0.353 e. The predicted molar refractivity (Wildman–Crippen MR) is 105 cm³/mol. The summed E-state index contributed by atoms with van der Waals surface area (Å²) < 4.78 is 0.